The fraction of sp³-hybridized carbons (Fsp3) is 0.364. The number of amides is 1. The van der Waals surface area contributed by atoms with Crippen LogP contribution in [0.3, 0.4) is 0 Å². The second kappa shape index (κ2) is 8.94. The third-order valence-corrected chi connectivity index (χ3v) is 8.00. The zero-order valence-corrected chi connectivity index (χ0v) is 19.1. The van der Waals surface area contributed by atoms with Crippen molar-refractivity contribution in [2.24, 2.45) is 0 Å². The Hall–Kier alpha value is -2.49. The number of sulfonamides is 1. The molecule has 164 valence electrons. The maximum absolute atomic E-state index is 13.0. The Morgan fingerprint density at radius 1 is 1.23 bits per heavy atom. The van der Waals surface area contributed by atoms with Gasteiger partial charge in [-0.3, -0.25) is 4.79 Å². The predicted octanol–water partition coefficient (Wildman–Crippen LogP) is 3.80. The molecule has 0 radical (unpaired) electrons. The monoisotopic (exact) mass is 459 g/mol. The van der Waals surface area contributed by atoms with Crippen molar-refractivity contribution in [3.8, 4) is 5.75 Å². The summed E-state index contributed by atoms with van der Waals surface area (Å²) in [6, 6.07) is 12.3. The van der Waals surface area contributed by atoms with Crippen molar-refractivity contribution in [2.75, 3.05) is 14.2 Å². The van der Waals surface area contributed by atoms with E-state index in [-0.39, 0.29) is 28.2 Å². The molecule has 2 aromatic carbocycles. The SMILES string of the molecule is COc1ccc(C(=O)N(C)Cc2nc3ccccc3s2)cc1S(=O)(=O)NC1CCCC1. The van der Waals surface area contributed by atoms with Crippen molar-refractivity contribution in [3.63, 3.8) is 0 Å². The van der Waals surface area contributed by atoms with Gasteiger partial charge in [-0.2, -0.15) is 0 Å². The first-order valence-corrected chi connectivity index (χ1v) is 12.5. The highest BCUT2D eigenvalue weighted by molar-refractivity contribution is 7.89. The Morgan fingerprint density at radius 2 is 1.97 bits per heavy atom. The van der Waals surface area contributed by atoms with Crippen LogP contribution < -0.4 is 9.46 Å². The summed E-state index contributed by atoms with van der Waals surface area (Å²) >= 11 is 1.54. The van der Waals surface area contributed by atoms with Crippen molar-refractivity contribution < 1.29 is 17.9 Å². The van der Waals surface area contributed by atoms with Crippen LogP contribution in [0.4, 0.5) is 0 Å². The minimum Gasteiger partial charge on any atom is -0.495 e. The molecule has 9 heteroatoms. The molecule has 1 heterocycles. The maximum Gasteiger partial charge on any atom is 0.254 e. The Bertz CT molecular complexity index is 1170. The van der Waals surface area contributed by atoms with Crippen LogP contribution >= 0.6 is 11.3 Å². The van der Waals surface area contributed by atoms with Crippen LogP contribution in [0.5, 0.6) is 5.75 Å². The highest BCUT2D eigenvalue weighted by Gasteiger charge is 2.27. The van der Waals surface area contributed by atoms with E-state index < -0.39 is 10.0 Å². The molecule has 0 saturated heterocycles. The molecule has 7 nitrogen and oxygen atoms in total. The highest BCUT2D eigenvalue weighted by Crippen LogP contribution is 2.28. The zero-order chi connectivity index (χ0) is 22.0. The summed E-state index contributed by atoms with van der Waals surface area (Å²) in [5.41, 5.74) is 1.19. The fourth-order valence-electron chi connectivity index (χ4n) is 3.83. The Labute approximate surface area is 186 Å². The number of methoxy groups -OCH3 is 1. The number of thiazole rings is 1. The van der Waals surface area contributed by atoms with Gasteiger partial charge in [-0.15, -0.1) is 11.3 Å². The van der Waals surface area contributed by atoms with Gasteiger partial charge in [0.1, 0.15) is 15.7 Å². The van der Waals surface area contributed by atoms with E-state index >= 15 is 0 Å². The van der Waals surface area contributed by atoms with Gasteiger partial charge in [0.05, 0.1) is 23.9 Å². The number of aromatic nitrogens is 1. The Kier molecular flexibility index (Phi) is 6.27. The van der Waals surface area contributed by atoms with Gasteiger partial charge in [-0.1, -0.05) is 25.0 Å². The molecule has 1 N–H and O–H groups in total. The number of hydrogen-bond donors (Lipinski definition) is 1. The van der Waals surface area contributed by atoms with Crippen molar-refractivity contribution >= 4 is 37.5 Å². The van der Waals surface area contributed by atoms with Crippen molar-refractivity contribution in [1.82, 2.24) is 14.6 Å². The molecule has 1 amide bonds. The van der Waals surface area contributed by atoms with Gasteiger partial charge in [0.2, 0.25) is 10.0 Å². The van der Waals surface area contributed by atoms with Crippen LogP contribution in [-0.2, 0) is 16.6 Å². The summed E-state index contributed by atoms with van der Waals surface area (Å²) in [6.07, 6.45) is 3.68. The fourth-order valence-corrected chi connectivity index (χ4v) is 6.35. The molecule has 0 unspecified atom stereocenters. The third kappa shape index (κ3) is 4.73. The summed E-state index contributed by atoms with van der Waals surface area (Å²) in [4.78, 5) is 19.1. The van der Waals surface area contributed by atoms with E-state index in [0.29, 0.717) is 6.54 Å². The molecule has 4 rings (SSSR count). The lowest BCUT2D eigenvalue weighted by Crippen LogP contribution is -2.33. The molecule has 1 fully saturated rings. The normalized spacial score (nSPS) is 14.8. The standard InChI is InChI=1S/C22H25N3O4S2/c1-25(14-21-23-17-9-5-6-10-19(17)30-21)22(26)15-11-12-18(29-2)20(13-15)31(27,28)24-16-7-3-4-8-16/h5-6,9-13,16,24H,3-4,7-8,14H2,1-2H3. The molecule has 1 aliphatic rings. The number of carbonyl (C=O) groups is 1. The maximum atomic E-state index is 13.0. The van der Waals surface area contributed by atoms with Crippen molar-refractivity contribution in [3.05, 3.63) is 53.0 Å². The van der Waals surface area contributed by atoms with Gasteiger partial charge in [0.25, 0.3) is 5.91 Å². The molecule has 0 atom stereocenters. The number of para-hydroxylation sites is 1. The van der Waals surface area contributed by atoms with Crippen LogP contribution in [0.1, 0.15) is 41.0 Å². The lowest BCUT2D eigenvalue weighted by molar-refractivity contribution is 0.0784. The van der Waals surface area contributed by atoms with Crippen LogP contribution in [0.2, 0.25) is 0 Å². The van der Waals surface area contributed by atoms with Gasteiger partial charge in [-0.25, -0.2) is 18.1 Å². The Balaban J connectivity index is 1.56. The summed E-state index contributed by atoms with van der Waals surface area (Å²) in [5, 5.41) is 0.821. The second-order valence-corrected chi connectivity index (χ2v) is 10.5. The summed E-state index contributed by atoms with van der Waals surface area (Å²) < 4.78 is 35.0. The predicted molar refractivity (Wildman–Crippen MR) is 121 cm³/mol. The van der Waals surface area contributed by atoms with E-state index in [2.05, 4.69) is 9.71 Å². The van der Waals surface area contributed by atoms with Crippen LogP contribution in [0, 0.1) is 0 Å². The summed E-state index contributed by atoms with van der Waals surface area (Å²) in [7, 11) is -0.695. The number of hydrogen-bond acceptors (Lipinski definition) is 6. The third-order valence-electron chi connectivity index (χ3n) is 5.43. The molecule has 31 heavy (non-hydrogen) atoms. The lowest BCUT2D eigenvalue weighted by atomic mass is 10.2. The molecule has 0 aliphatic heterocycles. The van der Waals surface area contributed by atoms with Crippen LogP contribution in [-0.4, -0.2) is 44.4 Å². The zero-order valence-electron chi connectivity index (χ0n) is 17.5. The first kappa shape index (κ1) is 21.7. The lowest BCUT2D eigenvalue weighted by Gasteiger charge is -2.18. The number of benzene rings is 2. The Morgan fingerprint density at radius 3 is 2.68 bits per heavy atom. The van der Waals surface area contributed by atoms with E-state index in [0.717, 1.165) is 40.9 Å². The second-order valence-electron chi connectivity index (χ2n) is 7.70. The number of nitrogens with zero attached hydrogens (tertiary/aromatic N) is 2. The summed E-state index contributed by atoms with van der Waals surface area (Å²) in [6.45, 7) is 0.340. The molecule has 1 saturated carbocycles. The van der Waals surface area contributed by atoms with Gasteiger partial charge in [-0.05, 0) is 43.2 Å². The van der Waals surface area contributed by atoms with Gasteiger partial charge < -0.3 is 9.64 Å². The molecule has 1 aliphatic carbocycles. The van der Waals surface area contributed by atoms with E-state index in [1.807, 2.05) is 24.3 Å². The van der Waals surface area contributed by atoms with E-state index in [1.54, 1.807) is 18.0 Å². The average Bonchev–Trinajstić information content (AvgIpc) is 3.41. The van der Waals surface area contributed by atoms with Crippen LogP contribution in [0.25, 0.3) is 10.2 Å². The van der Waals surface area contributed by atoms with Gasteiger partial charge in [0, 0.05) is 18.7 Å². The molecular weight excluding hydrogens is 434 g/mol. The van der Waals surface area contributed by atoms with Crippen LogP contribution in [0.15, 0.2) is 47.4 Å². The van der Waals surface area contributed by atoms with E-state index in [9.17, 15) is 13.2 Å². The first-order chi connectivity index (χ1) is 14.9. The molecular formula is C22H25N3O4S2. The smallest absolute Gasteiger partial charge is 0.254 e. The molecule has 0 spiro atoms. The van der Waals surface area contributed by atoms with E-state index in [4.69, 9.17) is 4.74 Å². The summed E-state index contributed by atoms with van der Waals surface area (Å²) in [5.74, 6) is -0.0601. The number of ether oxygens (including phenoxy) is 1. The average molecular weight is 460 g/mol. The number of rotatable bonds is 7. The largest absolute Gasteiger partial charge is 0.495 e. The molecule has 0 bridgehead atoms. The first-order valence-electron chi connectivity index (χ1n) is 10.2. The van der Waals surface area contributed by atoms with Crippen molar-refractivity contribution in [1.29, 1.82) is 0 Å². The molecule has 3 aromatic rings. The number of nitrogens with one attached hydrogen (secondary N) is 1. The van der Waals surface area contributed by atoms with Gasteiger partial charge >= 0.3 is 0 Å². The molecule has 1 aromatic heterocycles. The van der Waals surface area contributed by atoms with E-state index in [1.165, 1.54) is 30.6 Å². The quantitative estimate of drug-likeness (QED) is 0.581. The number of fused-ring (bicyclic) bond motifs is 1. The van der Waals surface area contributed by atoms with Gasteiger partial charge in [0.15, 0.2) is 0 Å². The minimum atomic E-state index is -3.80. The minimum absolute atomic E-state index is 0.0128. The van der Waals surface area contributed by atoms with Crippen molar-refractivity contribution in [2.45, 2.75) is 43.2 Å². The highest BCUT2D eigenvalue weighted by atomic mass is 32.2. The number of carbonyl (C=O) groups excluding carboxylic acids is 1. The topological polar surface area (TPSA) is 88.6 Å².